The van der Waals surface area contributed by atoms with Gasteiger partial charge in [-0.15, -0.1) is 0 Å². The predicted molar refractivity (Wildman–Crippen MR) is 59.3 cm³/mol. The van der Waals surface area contributed by atoms with Crippen LogP contribution in [0.15, 0.2) is 17.6 Å². The van der Waals surface area contributed by atoms with Crippen molar-refractivity contribution in [3.8, 4) is 0 Å². The van der Waals surface area contributed by atoms with Gasteiger partial charge in [0.25, 0.3) is 10.0 Å². The van der Waals surface area contributed by atoms with Crippen LogP contribution in [0.3, 0.4) is 0 Å². The lowest BCUT2D eigenvalue weighted by Crippen LogP contribution is -2.42. The van der Waals surface area contributed by atoms with Gasteiger partial charge < -0.3 is 10.1 Å². The van der Waals surface area contributed by atoms with E-state index >= 15 is 0 Å². The molecule has 0 saturated heterocycles. The molecule has 0 atom stereocenters. The zero-order chi connectivity index (χ0) is 12.4. The smallest absolute Gasteiger partial charge is 0.260 e. The fourth-order valence-electron chi connectivity index (χ4n) is 1.32. The summed E-state index contributed by atoms with van der Waals surface area (Å²) in [6, 6.07) is 0. The first kappa shape index (κ1) is 13.1. The number of nitrogens with one attached hydrogen (secondary N) is 1. The summed E-state index contributed by atoms with van der Waals surface area (Å²) in [7, 11) is -3.59. The third-order valence-electron chi connectivity index (χ3n) is 2.01. The van der Waals surface area contributed by atoms with Crippen molar-refractivity contribution in [1.29, 1.82) is 0 Å². The summed E-state index contributed by atoms with van der Waals surface area (Å²) in [6.07, 6.45) is 2.56. The largest absolute Gasteiger partial charge is 0.389 e. The summed E-state index contributed by atoms with van der Waals surface area (Å²) in [5.41, 5.74) is -1.07. The Bertz CT molecular complexity index is 419. The number of aliphatic hydroxyl groups is 1. The number of nitrogens with zero attached hydrogens (tertiary/aromatic N) is 2. The molecule has 0 bridgehead atoms. The van der Waals surface area contributed by atoms with Crippen molar-refractivity contribution in [3.63, 3.8) is 0 Å². The van der Waals surface area contributed by atoms with Crippen molar-refractivity contribution in [2.45, 2.75) is 31.4 Å². The van der Waals surface area contributed by atoms with Crippen LogP contribution in [0.4, 0.5) is 0 Å². The molecule has 0 radical (unpaired) electrons. The number of imidazole rings is 1. The Balaban J connectivity index is 2.97. The molecule has 1 heterocycles. The van der Waals surface area contributed by atoms with E-state index in [1.54, 1.807) is 20.8 Å². The van der Waals surface area contributed by atoms with E-state index in [4.69, 9.17) is 0 Å². The predicted octanol–water partition coefficient (Wildman–Crippen LogP) is 0.191. The first-order valence-electron chi connectivity index (χ1n) is 4.98. The molecule has 92 valence electrons. The fraction of sp³-hybridized carbons (Fsp3) is 0.667. The van der Waals surface area contributed by atoms with Crippen LogP contribution in [0.2, 0.25) is 0 Å². The summed E-state index contributed by atoms with van der Waals surface area (Å²) in [5.74, 6) is 0. The minimum atomic E-state index is -3.59. The second-order valence-electron chi connectivity index (χ2n) is 4.16. The molecular weight excluding hydrogens is 230 g/mol. The van der Waals surface area contributed by atoms with Crippen molar-refractivity contribution >= 4 is 10.0 Å². The Kier molecular flexibility index (Phi) is 3.72. The number of aromatic nitrogens is 2. The number of sulfonamides is 1. The molecule has 0 saturated carbocycles. The topological polar surface area (TPSA) is 86.3 Å². The monoisotopic (exact) mass is 247 g/mol. The SMILES string of the molecule is CCN(CC(C)(C)O)S(=O)(=O)c1cnc[nH]1. The molecule has 0 aromatic carbocycles. The molecule has 0 aliphatic rings. The minimum Gasteiger partial charge on any atom is -0.389 e. The van der Waals surface area contributed by atoms with Crippen molar-refractivity contribution < 1.29 is 13.5 Å². The van der Waals surface area contributed by atoms with Crippen molar-refractivity contribution in [1.82, 2.24) is 14.3 Å². The lowest BCUT2D eigenvalue weighted by Gasteiger charge is -2.26. The molecule has 0 fully saturated rings. The molecule has 0 aliphatic carbocycles. The van der Waals surface area contributed by atoms with Crippen LogP contribution in [-0.2, 0) is 10.0 Å². The van der Waals surface area contributed by atoms with Crippen LogP contribution in [-0.4, -0.2) is 46.5 Å². The highest BCUT2D eigenvalue weighted by Crippen LogP contribution is 2.15. The summed E-state index contributed by atoms with van der Waals surface area (Å²) < 4.78 is 25.3. The normalized spacial score (nSPS) is 13.3. The Morgan fingerprint density at radius 1 is 1.56 bits per heavy atom. The Morgan fingerprint density at radius 2 is 2.19 bits per heavy atom. The van der Waals surface area contributed by atoms with E-state index < -0.39 is 15.6 Å². The van der Waals surface area contributed by atoms with E-state index in [1.165, 1.54) is 16.8 Å². The molecule has 7 heteroatoms. The Morgan fingerprint density at radius 3 is 2.56 bits per heavy atom. The van der Waals surface area contributed by atoms with Gasteiger partial charge in [0.05, 0.1) is 18.1 Å². The first-order valence-corrected chi connectivity index (χ1v) is 6.42. The van der Waals surface area contributed by atoms with Gasteiger partial charge in [0.15, 0.2) is 5.03 Å². The van der Waals surface area contributed by atoms with E-state index in [9.17, 15) is 13.5 Å². The molecule has 1 rings (SSSR count). The van der Waals surface area contributed by atoms with Crippen LogP contribution in [0.1, 0.15) is 20.8 Å². The molecule has 0 spiro atoms. The molecule has 16 heavy (non-hydrogen) atoms. The average Bonchev–Trinajstić information content (AvgIpc) is 2.65. The number of H-pyrrole nitrogens is 1. The number of rotatable bonds is 5. The zero-order valence-corrected chi connectivity index (χ0v) is 10.5. The maximum absolute atomic E-state index is 12.0. The summed E-state index contributed by atoms with van der Waals surface area (Å²) >= 11 is 0. The van der Waals surface area contributed by atoms with Crippen LogP contribution < -0.4 is 0 Å². The molecule has 6 nitrogen and oxygen atoms in total. The lowest BCUT2D eigenvalue weighted by molar-refractivity contribution is 0.0601. The second-order valence-corrected chi connectivity index (χ2v) is 6.07. The van der Waals surface area contributed by atoms with Crippen molar-refractivity contribution in [3.05, 3.63) is 12.5 Å². The van der Waals surface area contributed by atoms with Gasteiger partial charge in [-0.1, -0.05) is 6.92 Å². The molecular formula is C9H17N3O3S. The van der Waals surface area contributed by atoms with E-state index in [1.807, 2.05) is 0 Å². The van der Waals surface area contributed by atoms with Gasteiger partial charge in [-0.25, -0.2) is 13.4 Å². The van der Waals surface area contributed by atoms with Crippen LogP contribution in [0.5, 0.6) is 0 Å². The summed E-state index contributed by atoms with van der Waals surface area (Å²) in [6.45, 7) is 5.20. The lowest BCUT2D eigenvalue weighted by atomic mass is 10.1. The maximum Gasteiger partial charge on any atom is 0.260 e. The van der Waals surface area contributed by atoms with Gasteiger partial charge >= 0.3 is 0 Å². The Labute approximate surface area is 95.4 Å². The molecule has 1 aromatic heterocycles. The van der Waals surface area contributed by atoms with Gasteiger partial charge in [0.1, 0.15) is 0 Å². The molecule has 2 N–H and O–H groups in total. The third-order valence-corrected chi connectivity index (χ3v) is 3.85. The van der Waals surface area contributed by atoms with E-state index in [0.29, 0.717) is 6.54 Å². The number of likely N-dealkylation sites (N-methyl/N-ethyl adjacent to an activating group) is 1. The van der Waals surface area contributed by atoms with Crippen LogP contribution in [0.25, 0.3) is 0 Å². The van der Waals surface area contributed by atoms with Crippen molar-refractivity contribution in [2.24, 2.45) is 0 Å². The highest BCUT2D eigenvalue weighted by molar-refractivity contribution is 7.89. The first-order chi connectivity index (χ1) is 7.27. The number of aromatic amines is 1. The maximum atomic E-state index is 12.0. The summed E-state index contributed by atoms with van der Waals surface area (Å²) in [5, 5.41) is 9.69. The molecule has 1 aromatic rings. The average molecular weight is 247 g/mol. The van der Waals surface area contributed by atoms with E-state index in [-0.39, 0.29) is 11.6 Å². The zero-order valence-electron chi connectivity index (χ0n) is 9.64. The van der Waals surface area contributed by atoms with Gasteiger partial charge in [-0.05, 0) is 13.8 Å². The van der Waals surface area contributed by atoms with Crippen molar-refractivity contribution in [2.75, 3.05) is 13.1 Å². The molecule has 0 unspecified atom stereocenters. The highest BCUT2D eigenvalue weighted by atomic mass is 32.2. The van der Waals surface area contributed by atoms with Crippen LogP contribution in [0, 0.1) is 0 Å². The standard InChI is InChI=1S/C9H17N3O3S/c1-4-12(6-9(2,3)13)16(14,15)8-5-10-7-11-8/h5,7,13H,4,6H2,1-3H3,(H,10,11). The molecule has 0 aliphatic heterocycles. The quantitative estimate of drug-likeness (QED) is 0.777. The van der Waals surface area contributed by atoms with Crippen LogP contribution >= 0.6 is 0 Å². The van der Waals surface area contributed by atoms with Gasteiger partial charge in [-0.2, -0.15) is 4.31 Å². The van der Waals surface area contributed by atoms with Gasteiger partial charge in [0.2, 0.25) is 0 Å². The fourth-order valence-corrected chi connectivity index (χ4v) is 2.82. The van der Waals surface area contributed by atoms with Gasteiger partial charge in [0, 0.05) is 13.1 Å². The third kappa shape index (κ3) is 3.03. The van der Waals surface area contributed by atoms with E-state index in [2.05, 4.69) is 9.97 Å². The number of hydrogen-bond donors (Lipinski definition) is 2. The summed E-state index contributed by atoms with van der Waals surface area (Å²) in [4.78, 5) is 6.23. The van der Waals surface area contributed by atoms with Gasteiger partial charge in [-0.3, -0.25) is 0 Å². The number of hydrogen-bond acceptors (Lipinski definition) is 4. The Hall–Kier alpha value is -0.920. The highest BCUT2D eigenvalue weighted by Gasteiger charge is 2.29. The molecule has 0 amide bonds. The second kappa shape index (κ2) is 4.52. The minimum absolute atomic E-state index is 0.0404. The van der Waals surface area contributed by atoms with E-state index in [0.717, 1.165) is 0 Å².